The molecule has 0 radical (unpaired) electrons. The molecular weight excluding hydrogens is 310 g/mol. The van der Waals surface area contributed by atoms with Gasteiger partial charge in [-0.1, -0.05) is 30.3 Å². The Balaban J connectivity index is 1.94. The van der Waals surface area contributed by atoms with Crippen molar-refractivity contribution in [3.63, 3.8) is 0 Å². The van der Waals surface area contributed by atoms with Crippen LogP contribution in [0, 0.1) is 0 Å². The first-order valence-corrected chi connectivity index (χ1v) is 7.33. The van der Waals surface area contributed by atoms with E-state index in [-0.39, 0.29) is 5.78 Å². The van der Waals surface area contributed by atoms with Gasteiger partial charge in [0.1, 0.15) is 0 Å². The summed E-state index contributed by atoms with van der Waals surface area (Å²) in [5.74, 6) is 0.162. The van der Waals surface area contributed by atoms with Crippen LogP contribution in [-0.4, -0.2) is 24.3 Å². The molecule has 18 heavy (non-hydrogen) atoms. The van der Waals surface area contributed by atoms with Crippen LogP contribution in [0.1, 0.15) is 15.2 Å². The SMILES string of the molecule is CN(CC(=O)c1sccc1Br)Cc1ccccc1. The number of halogens is 1. The number of hydrogen-bond acceptors (Lipinski definition) is 3. The summed E-state index contributed by atoms with van der Waals surface area (Å²) < 4.78 is 0.894. The maximum absolute atomic E-state index is 12.1. The molecule has 0 fully saturated rings. The fraction of sp³-hybridized carbons (Fsp3) is 0.214. The highest BCUT2D eigenvalue weighted by molar-refractivity contribution is 9.10. The van der Waals surface area contributed by atoms with Crippen LogP contribution < -0.4 is 0 Å². The van der Waals surface area contributed by atoms with Crippen LogP contribution in [0.3, 0.4) is 0 Å². The molecule has 0 bridgehead atoms. The second-order valence-electron chi connectivity index (χ2n) is 4.18. The third kappa shape index (κ3) is 3.51. The summed E-state index contributed by atoms with van der Waals surface area (Å²) in [5, 5.41) is 1.93. The molecule has 0 saturated carbocycles. The van der Waals surface area contributed by atoms with E-state index in [0.717, 1.165) is 15.9 Å². The molecular formula is C14H14BrNOS. The Morgan fingerprint density at radius 2 is 2.00 bits per heavy atom. The van der Waals surface area contributed by atoms with E-state index in [1.807, 2.05) is 41.6 Å². The van der Waals surface area contributed by atoms with E-state index in [9.17, 15) is 4.79 Å². The van der Waals surface area contributed by atoms with Gasteiger partial charge in [0, 0.05) is 11.0 Å². The van der Waals surface area contributed by atoms with Crippen molar-refractivity contribution in [3.8, 4) is 0 Å². The Morgan fingerprint density at radius 3 is 2.61 bits per heavy atom. The summed E-state index contributed by atoms with van der Waals surface area (Å²) in [6, 6.07) is 12.1. The molecule has 1 aromatic carbocycles. The van der Waals surface area contributed by atoms with Gasteiger partial charge in [0.05, 0.1) is 11.4 Å². The minimum Gasteiger partial charge on any atom is -0.295 e. The third-order valence-corrected chi connectivity index (χ3v) is 4.46. The number of carbonyl (C=O) groups excluding carboxylic acids is 1. The van der Waals surface area contributed by atoms with Crippen molar-refractivity contribution in [3.05, 3.63) is 56.7 Å². The Labute approximate surface area is 119 Å². The fourth-order valence-corrected chi connectivity index (χ4v) is 3.29. The zero-order valence-electron chi connectivity index (χ0n) is 10.1. The van der Waals surface area contributed by atoms with Gasteiger partial charge in [-0.25, -0.2) is 0 Å². The van der Waals surface area contributed by atoms with Gasteiger partial charge in [0.25, 0.3) is 0 Å². The largest absolute Gasteiger partial charge is 0.295 e. The van der Waals surface area contributed by atoms with Crippen LogP contribution in [0.5, 0.6) is 0 Å². The number of nitrogens with zero attached hydrogens (tertiary/aromatic N) is 1. The summed E-state index contributed by atoms with van der Waals surface area (Å²) in [7, 11) is 1.96. The molecule has 2 aromatic rings. The van der Waals surface area contributed by atoms with Crippen molar-refractivity contribution in [2.45, 2.75) is 6.54 Å². The lowest BCUT2D eigenvalue weighted by Gasteiger charge is -2.15. The van der Waals surface area contributed by atoms with E-state index < -0.39 is 0 Å². The first-order chi connectivity index (χ1) is 8.66. The minimum absolute atomic E-state index is 0.162. The number of hydrogen-bond donors (Lipinski definition) is 0. The van der Waals surface area contributed by atoms with E-state index in [1.54, 1.807) is 0 Å². The van der Waals surface area contributed by atoms with Crippen LogP contribution in [0.4, 0.5) is 0 Å². The van der Waals surface area contributed by atoms with Crippen molar-refractivity contribution in [1.82, 2.24) is 4.90 Å². The highest BCUT2D eigenvalue weighted by Crippen LogP contribution is 2.23. The van der Waals surface area contributed by atoms with E-state index >= 15 is 0 Å². The molecule has 0 N–H and O–H groups in total. The van der Waals surface area contributed by atoms with Gasteiger partial charge in [-0.2, -0.15) is 0 Å². The molecule has 0 unspecified atom stereocenters. The van der Waals surface area contributed by atoms with Crippen molar-refractivity contribution in [1.29, 1.82) is 0 Å². The number of thiophene rings is 1. The van der Waals surface area contributed by atoms with Gasteiger partial charge >= 0.3 is 0 Å². The van der Waals surface area contributed by atoms with Crippen LogP contribution in [0.2, 0.25) is 0 Å². The molecule has 0 aliphatic rings. The summed E-state index contributed by atoms with van der Waals surface area (Å²) >= 11 is 4.88. The molecule has 0 aliphatic carbocycles. The van der Waals surface area contributed by atoms with Gasteiger partial charge in [-0.05, 0) is 40.0 Å². The quantitative estimate of drug-likeness (QED) is 0.779. The summed E-state index contributed by atoms with van der Waals surface area (Å²) in [6.45, 7) is 1.23. The molecule has 2 rings (SSSR count). The fourth-order valence-electron chi connectivity index (χ4n) is 1.76. The molecule has 1 aromatic heterocycles. The Bertz CT molecular complexity index is 524. The number of likely N-dealkylation sites (N-methyl/N-ethyl adjacent to an activating group) is 1. The average molecular weight is 324 g/mol. The Hall–Kier alpha value is -0.970. The van der Waals surface area contributed by atoms with Crippen molar-refractivity contribution >= 4 is 33.0 Å². The first-order valence-electron chi connectivity index (χ1n) is 5.65. The monoisotopic (exact) mass is 323 g/mol. The van der Waals surface area contributed by atoms with Crippen molar-refractivity contribution in [2.24, 2.45) is 0 Å². The van der Waals surface area contributed by atoms with Crippen LogP contribution >= 0.6 is 27.3 Å². The highest BCUT2D eigenvalue weighted by Gasteiger charge is 2.13. The number of Topliss-reactive ketones (excluding diaryl/α,β-unsaturated/α-hetero) is 1. The topological polar surface area (TPSA) is 20.3 Å². The van der Waals surface area contributed by atoms with Gasteiger partial charge < -0.3 is 0 Å². The molecule has 4 heteroatoms. The lowest BCUT2D eigenvalue weighted by Crippen LogP contribution is -2.25. The van der Waals surface area contributed by atoms with E-state index in [2.05, 4.69) is 28.1 Å². The van der Waals surface area contributed by atoms with Crippen molar-refractivity contribution < 1.29 is 4.79 Å². The number of carbonyl (C=O) groups is 1. The van der Waals surface area contributed by atoms with Crippen LogP contribution in [-0.2, 0) is 6.54 Å². The van der Waals surface area contributed by atoms with Gasteiger partial charge in [0.2, 0.25) is 0 Å². The van der Waals surface area contributed by atoms with Gasteiger partial charge in [-0.3, -0.25) is 9.69 Å². The zero-order valence-corrected chi connectivity index (χ0v) is 12.5. The highest BCUT2D eigenvalue weighted by atomic mass is 79.9. The minimum atomic E-state index is 0.162. The predicted molar refractivity (Wildman–Crippen MR) is 79.1 cm³/mol. The Morgan fingerprint density at radius 1 is 1.28 bits per heavy atom. The van der Waals surface area contributed by atoms with Crippen molar-refractivity contribution in [2.75, 3.05) is 13.6 Å². The number of ketones is 1. The summed E-state index contributed by atoms with van der Waals surface area (Å²) in [4.78, 5) is 14.9. The molecule has 2 nitrogen and oxygen atoms in total. The lowest BCUT2D eigenvalue weighted by molar-refractivity contribution is 0.0946. The predicted octanol–water partition coefficient (Wildman–Crippen LogP) is 3.83. The molecule has 0 saturated heterocycles. The molecule has 0 aliphatic heterocycles. The first kappa shape index (κ1) is 13.5. The second kappa shape index (κ2) is 6.27. The Kier molecular flexibility index (Phi) is 4.69. The molecule has 0 atom stereocenters. The standard InChI is InChI=1S/C14H14BrNOS/c1-16(9-11-5-3-2-4-6-11)10-13(17)14-12(15)7-8-18-14/h2-8H,9-10H2,1H3. The number of benzene rings is 1. The molecule has 0 amide bonds. The lowest BCUT2D eigenvalue weighted by atomic mass is 10.2. The molecule has 1 heterocycles. The van der Waals surface area contributed by atoms with Crippen LogP contribution in [0.15, 0.2) is 46.3 Å². The molecule has 0 spiro atoms. The number of rotatable bonds is 5. The smallest absolute Gasteiger partial charge is 0.187 e. The maximum Gasteiger partial charge on any atom is 0.187 e. The zero-order chi connectivity index (χ0) is 13.0. The average Bonchev–Trinajstić information content (AvgIpc) is 2.76. The maximum atomic E-state index is 12.1. The summed E-state index contributed by atoms with van der Waals surface area (Å²) in [6.07, 6.45) is 0. The second-order valence-corrected chi connectivity index (χ2v) is 5.95. The van der Waals surface area contributed by atoms with E-state index in [4.69, 9.17) is 0 Å². The molecule has 94 valence electrons. The van der Waals surface area contributed by atoms with Gasteiger partial charge in [0.15, 0.2) is 5.78 Å². The van der Waals surface area contributed by atoms with Crippen LogP contribution in [0.25, 0.3) is 0 Å². The van der Waals surface area contributed by atoms with Gasteiger partial charge in [-0.15, -0.1) is 11.3 Å². The third-order valence-electron chi connectivity index (χ3n) is 2.58. The van der Waals surface area contributed by atoms with E-state index in [0.29, 0.717) is 6.54 Å². The summed E-state index contributed by atoms with van der Waals surface area (Å²) in [5.41, 5.74) is 1.22. The normalized spacial score (nSPS) is 10.8. The van der Waals surface area contributed by atoms with E-state index in [1.165, 1.54) is 16.9 Å².